The van der Waals surface area contributed by atoms with Crippen molar-refractivity contribution in [3.63, 3.8) is 0 Å². The molecule has 2 aromatic rings. The number of rotatable bonds is 11. The van der Waals surface area contributed by atoms with E-state index < -0.39 is 12.1 Å². The fraction of sp³-hybridized carbons (Fsp3) is 0.567. The van der Waals surface area contributed by atoms with Gasteiger partial charge in [0.25, 0.3) is 0 Å². The average Bonchev–Trinajstić information content (AvgIpc) is 3.44. The first-order valence-electron chi connectivity index (χ1n) is 13.1. The van der Waals surface area contributed by atoms with Crippen LogP contribution < -0.4 is 5.32 Å². The zero-order valence-electron chi connectivity index (χ0n) is 21.6. The van der Waals surface area contributed by atoms with Crippen LogP contribution in [0, 0.1) is 24.7 Å². The number of benzene rings is 2. The maximum absolute atomic E-state index is 11.4. The second-order valence-electron chi connectivity index (χ2n) is 11.5. The zero-order valence-corrected chi connectivity index (χ0v) is 21.6. The van der Waals surface area contributed by atoms with Crippen LogP contribution >= 0.6 is 0 Å². The molecule has 2 aliphatic carbocycles. The van der Waals surface area contributed by atoms with Gasteiger partial charge in [-0.15, -0.1) is 0 Å². The normalized spacial score (nSPS) is 23.4. The summed E-state index contributed by atoms with van der Waals surface area (Å²) in [6.07, 6.45) is 6.04. The van der Waals surface area contributed by atoms with Gasteiger partial charge in [-0.2, -0.15) is 0 Å². The van der Waals surface area contributed by atoms with Gasteiger partial charge in [0, 0.05) is 12.1 Å². The highest BCUT2D eigenvalue weighted by Crippen LogP contribution is 2.50. The van der Waals surface area contributed by atoms with Gasteiger partial charge in [0.1, 0.15) is 0 Å². The quantitative estimate of drug-likeness (QED) is 0.369. The van der Waals surface area contributed by atoms with Gasteiger partial charge in [0.05, 0.1) is 24.4 Å². The molecule has 0 spiro atoms. The molecule has 4 rings (SSSR count). The number of ether oxygens (including phenoxy) is 1. The smallest absolute Gasteiger partial charge is 0.335 e. The van der Waals surface area contributed by atoms with E-state index in [1.165, 1.54) is 32.1 Å². The van der Waals surface area contributed by atoms with Crippen LogP contribution in [0.1, 0.15) is 80.5 Å². The molecule has 5 nitrogen and oxygen atoms in total. The Labute approximate surface area is 209 Å². The Morgan fingerprint density at radius 1 is 1.17 bits per heavy atom. The summed E-state index contributed by atoms with van der Waals surface area (Å²) >= 11 is 0. The number of carboxylic acids is 1. The Balaban J connectivity index is 1.31. The van der Waals surface area contributed by atoms with Gasteiger partial charge in [-0.05, 0) is 99.5 Å². The van der Waals surface area contributed by atoms with E-state index in [9.17, 15) is 15.0 Å². The number of carbonyl (C=O) groups is 1. The van der Waals surface area contributed by atoms with Gasteiger partial charge in [-0.1, -0.05) is 42.8 Å². The Morgan fingerprint density at radius 3 is 2.60 bits per heavy atom. The molecule has 2 aliphatic rings. The number of carboxylic acid groups (broad SMARTS) is 1. The summed E-state index contributed by atoms with van der Waals surface area (Å²) in [6, 6.07) is 13.4. The molecular weight excluding hydrogens is 438 g/mol. The summed E-state index contributed by atoms with van der Waals surface area (Å²) < 4.78 is 6.10. The number of aryl methyl sites for hydroxylation is 1. The van der Waals surface area contributed by atoms with Crippen molar-refractivity contribution in [2.45, 2.75) is 77.5 Å². The predicted molar refractivity (Wildman–Crippen MR) is 140 cm³/mol. The van der Waals surface area contributed by atoms with Crippen molar-refractivity contribution in [3.8, 4) is 11.1 Å². The molecule has 0 heterocycles. The van der Waals surface area contributed by atoms with E-state index in [0.717, 1.165) is 40.0 Å². The lowest BCUT2D eigenvalue weighted by Gasteiger charge is -2.34. The summed E-state index contributed by atoms with van der Waals surface area (Å²) in [4.78, 5) is 11.4. The summed E-state index contributed by atoms with van der Waals surface area (Å²) in [5, 5.41) is 23.6. The molecule has 5 heteroatoms. The van der Waals surface area contributed by atoms with Gasteiger partial charge in [0.2, 0.25) is 0 Å². The van der Waals surface area contributed by atoms with Crippen molar-refractivity contribution in [1.29, 1.82) is 0 Å². The van der Waals surface area contributed by atoms with Gasteiger partial charge in [-0.25, -0.2) is 4.79 Å². The molecule has 35 heavy (non-hydrogen) atoms. The number of hydrogen-bond acceptors (Lipinski definition) is 4. The Morgan fingerprint density at radius 2 is 1.94 bits per heavy atom. The number of hydrogen-bond donors (Lipinski definition) is 3. The third-order valence-corrected chi connectivity index (χ3v) is 8.18. The molecule has 5 atom stereocenters. The highest BCUT2D eigenvalue weighted by atomic mass is 16.5. The molecule has 2 fully saturated rings. The molecule has 0 aromatic heterocycles. The predicted octanol–water partition coefficient (Wildman–Crippen LogP) is 5.99. The fourth-order valence-corrected chi connectivity index (χ4v) is 6.34. The van der Waals surface area contributed by atoms with E-state index in [4.69, 9.17) is 4.74 Å². The molecule has 0 amide bonds. The van der Waals surface area contributed by atoms with E-state index in [-0.39, 0.29) is 18.2 Å². The number of β-amino-alcohol motifs (C(OH)–C–C–N with tert-alkyl or cyclic N) is 1. The number of aliphatic hydroxyl groups excluding tert-OH is 1. The summed E-state index contributed by atoms with van der Waals surface area (Å²) in [7, 11) is 0. The van der Waals surface area contributed by atoms with Crippen molar-refractivity contribution in [2.24, 2.45) is 17.8 Å². The van der Waals surface area contributed by atoms with Crippen LogP contribution in [0.15, 0.2) is 42.5 Å². The fourth-order valence-electron chi connectivity index (χ4n) is 6.34. The monoisotopic (exact) mass is 479 g/mol. The zero-order chi connectivity index (χ0) is 25.2. The van der Waals surface area contributed by atoms with Crippen LogP contribution in [0.2, 0.25) is 0 Å². The van der Waals surface area contributed by atoms with E-state index in [1.54, 1.807) is 6.07 Å². The summed E-state index contributed by atoms with van der Waals surface area (Å²) in [5.74, 6) is 1.79. The van der Waals surface area contributed by atoms with Crippen molar-refractivity contribution in [2.75, 3.05) is 13.2 Å². The van der Waals surface area contributed by atoms with Crippen molar-refractivity contribution in [1.82, 2.24) is 5.32 Å². The molecule has 0 aliphatic heterocycles. The highest BCUT2D eigenvalue weighted by Gasteiger charge is 2.41. The van der Waals surface area contributed by atoms with Gasteiger partial charge in [-0.3, -0.25) is 0 Å². The van der Waals surface area contributed by atoms with E-state index in [0.29, 0.717) is 12.1 Å². The first kappa shape index (κ1) is 25.9. The number of nitrogens with one attached hydrogen (secondary N) is 1. The maximum atomic E-state index is 11.4. The topological polar surface area (TPSA) is 78.8 Å². The average molecular weight is 480 g/mol. The molecular formula is C30H41NO4. The minimum Gasteiger partial charge on any atom is -0.478 e. The molecule has 2 aromatic carbocycles. The van der Waals surface area contributed by atoms with E-state index in [1.807, 2.05) is 50.2 Å². The Kier molecular flexibility index (Phi) is 7.99. The number of fused-ring (bicyclic) bond motifs is 2. The van der Waals surface area contributed by atoms with Gasteiger partial charge >= 0.3 is 5.97 Å². The summed E-state index contributed by atoms with van der Waals surface area (Å²) in [6.45, 7) is 9.09. The third-order valence-electron chi connectivity index (χ3n) is 8.18. The number of aliphatic hydroxyl groups is 1. The van der Waals surface area contributed by atoms with Crippen molar-refractivity contribution in [3.05, 3.63) is 59.2 Å². The lowest BCUT2D eigenvalue weighted by molar-refractivity contribution is -0.00459. The van der Waals surface area contributed by atoms with E-state index >= 15 is 0 Å². The Hall–Kier alpha value is -2.21. The van der Waals surface area contributed by atoms with E-state index in [2.05, 4.69) is 19.2 Å². The largest absolute Gasteiger partial charge is 0.478 e. The summed E-state index contributed by atoms with van der Waals surface area (Å²) in [5.41, 5.74) is 4.05. The SMILES string of the molecule is Cc1cc(-c2ccccc2C(C)OCC(O)CNC(C)(C)CC2CC3CCC2C3)ccc1C(=O)O. The van der Waals surface area contributed by atoms with Crippen molar-refractivity contribution < 1.29 is 19.7 Å². The molecule has 0 saturated heterocycles. The highest BCUT2D eigenvalue weighted by molar-refractivity contribution is 5.90. The molecule has 3 N–H and O–H groups in total. The standard InChI is InChI=1S/C30H41NO4/c1-19-13-23(11-12-26(19)29(33)34)28-8-6-5-7-27(28)20(2)35-18-25(32)17-31-30(3,4)16-24-15-21-9-10-22(24)14-21/h5-8,11-13,20-22,24-25,31-32H,9-10,14-18H2,1-4H3,(H,33,34). The molecule has 190 valence electrons. The molecule has 2 saturated carbocycles. The van der Waals surface area contributed by atoms with Crippen molar-refractivity contribution >= 4 is 5.97 Å². The first-order chi connectivity index (χ1) is 16.6. The van der Waals surface area contributed by atoms with Crippen LogP contribution in [0.25, 0.3) is 11.1 Å². The Bertz CT molecular complexity index is 1030. The lowest BCUT2D eigenvalue weighted by atomic mass is 9.80. The van der Waals surface area contributed by atoms with Crippen LogP contribution in [-0.4, -0.2) is 41.0 Å². The lowest BCUT2D eigenvalue weighted by Crippen LogP contribution is -2.46. The molecule has 2 bridgehead atoms. The van der Waals surface area contributed by atoms with Crippen LogP contribution in [0.3, 0.4) is 0 Å². The minimum absolute atomic E-state index is 0.00825. The number of aromatic carboxylic acids is 1. The molecule has 0 radical (unpaired) electrons. The van der Waals surface area contributed by atoms with Crippen LogP contribution in [0.5, 0.6) is 0 Å². The second kappa shape index (κ2) is 10.8. The third kappa shape index (κ3) is 6.32. The van der Waals surface area contributed by atoms with Gasteiger partial charge < -0.3 is 20.3 Å². The second-order valence-corrected chi connectivity index (χ2v) is 11.5. The van der Waals surface area contributed by atoms with Crippen LogP contribution in [0.4, 0.5) is 0 Å². The first-order valence-corrected chi connectivity index (χ1v) is 13.1. The molecule has 5 unspecified atom stereocenters. The maximum Gasteiger partial charge on any atom is 0.335 e. The minimum atomic E-state index is -0.916. The van der Waals surface area contributed by atoms with Gasteiger partial charge in [0.15, 0.2) is 0 Å². The van der Waals surface area contributed by atoms with Crippen LogP contribution in [-0.2, 0) is 4.74 Å².